The maximum atomic E-state index is 13.7. The van der Waals surface area contributed by atoms with Crippen molar-refractivity contribution in [1.29, 1.82) is 0 Å². The molecule has 0 bridgehead atoms. The number of nitrogens with zero attached hydrogens (tertiary/aromatic N) is 4. The number of aromatic nitrogens is 4. The lowest BCUT2D eigenvalue weighted by molar-refractivity contribution is 0.377. The molecule has 0 radical (unpaired) electrons. The Morgan fingerprint density at radius 1 is 1.24 bits per heavy atom. The average Bonchev–Trinajstić information content (AvgIpc) is 2.86. The van der Waals surface area contributed by atoms with Crippen LogP contribution in [0.4, 0.5) is 8.78 Å². The molecule has 0 unspecified atom stereocenters. The third kappa shape index (κ3) is 2.42. The number of hydrogen-bond acceptors (Lipinski definition) is 5. The molecule has 3 aromatic rings. The predicted molar refractivity (Wildman–Crippen MR) is 67.2 cm³/mol. The summed E-state index contributed by atoms with van der Waals surface area (Å²) in [5.41, 5.74) is 0.297. The molecule has 0 aliphatic carbocycles. The third-order valence-electron chi connectivity index (χ3n) is 2.84. The molecule has 0 N–H and O–H groups in total. The Morgan fingerprint density at radius 2 is 2.10 bits per heavy atom. The highest BCUT2D eigenvalue weighted by molar-refractivity contribution is 5.46. The summed E-state index contributed by atoms with van der Waals surface area (Å²) in [6.07, 6.45) is 4.26. The second-order valence-electron chi connectivity index (χ2n) is 4.16. The summed E-state index contributed by atoms with van der Waals surface area (Å²) in [6.45, 7) is -0.224. The molecular weight excluding hydrogens is 282 g/mol. The summed E-state index contributed by atoms with van der Waals surface area (Å²) in [7, 11) is 0. The summed E-state index contributed by atoms with van der Waals surface area (Å²) in [5.74, 6) is -2.70. The normalized spacial score (nSPS) is 10.8. The fourth-order valence-electron chi connectivity index (χ4n) is 1.85. The molecule has 0 aliphatic rings. The summed E-state index contributed by atoms with van der Waals surface area (Å²) >= 11 is 0. The number of rotatable bonds is 3. The van der Waals surface area contributed by atoms with Crippen LogP contribution in [-0.2, 0) is 6.54 Å². The Hall–Kier alpha value is -2.90. The van der Waals surface area contributed by atoms with Crippen LogP contribution >= 0.6 is 0 Å². The van der Waals surface area contributed by atoms with Gasteiger partial charge < -0.3 is 0 Å². The van der Waals surface area contributed by atoms with E-state index in [2.05, 4.69) is 19.6 Å². The van der Waals surface area contributed by atoms with Crippen LogP contribution in [0.25, 0.3) is 11.5 Å². The van der Waals surface area contributed by atoms with Gasteiger partial charge in [0.05, 0.1) is 12.7 Å². The molecule has 2 aromatic heterocycles. The molecule has 0 atom stereocenters. The number of benzene rings is 1. The van der Waals surface area contributed by atoms with Crippen LogP contribution in [0.5, 0.6) is 0 Å². The van der Waals surface area contributed by atoms with Crippen molar-refractivity contribution in [1.82, 2.24) is 19.7 Å². The monoisotopic (exact) mass is 290 g/mol. The molecule has 0 fully saturated rings. The Labute approximate surface area is 116 Å². The topological polar surface area (TPSA) is 73.8 Å². The largest absolute Gasteiger partial charge is 0.442 e. The van der Waals surface area contributed by atoms with Crippen LogP contribution < -0.4 is 5.76 Å². The van der Waals surface area contributed by atoms with Gasteiger partial charge in [-0.05, 0) is 6.07 Å². The van der Waals surface area contributed by atoms with Crippen molar-refractivity contribution in [2.24, 2.45) is 0 Å². The Balaban J connectivity index is 2.06. The average molecular weight is 290 g/mol. The van der Waals surface area contributed by atoms with Gasteiger partial charge in [0.2, 0.25) is 5.82 Å². The van der Waals surface area contributed by atoms with Gasteiger partial charge >= 0.3 is 5.76 Å². The Bertz CT molecular complexity index is 830. The van der Waals surface area contributed by atoms with Gasteiger partial charge in [0.15, 0.2) is 11.6 Å². The minimum Gasteiger partial charge on any atom is -0.295 e. The van der Waals surface area contributed by atoms with Crippen molar-refractivity contribution in [3.05, 3.63) is 64.5 Å². The van der Waals surface area contributed by atoms with E-state index in [0.717, 1.165) is 10.6 Å². The Kier molecular flexibility index (Phi) is 3.27. The molecule has 0 spiro atoms. The molecule has 6 nitrogen and oxygen atoms in total. The van der Waals surface area contributed by atoms with E-state index < -0.39 is 17.4 Å². The van der Waals surface area contributed by atoms with Gasteiger partial charge in [0, 0.05) is 18.0 Å². The van der Waals surface area contributed by atoms with E-state index in [9.17, 15) is 13.6 Å². The lowest BCUT2D eigenvalue weighted by atomic mass is 10.2. The van der Waals surface area contributed by atoms with Crippen LogP contribution in [0.3, 0.4) is 0 Å². The van der Waals surface area contributed by atoms with Crippen LogP contribution in [0, 0.1) is 11.6 Å². The van der Waals surface area contributed by atoms with Crippen molar-refractivity contribution in [3.63, 3.8) is 0 Å². The first kappa shape index (κ1) is 13.1. The lowest BCUT2D eigenvalue weighted by Crippen LogP contribution is -2.17. The zero-order valence-corrected chi connectivity index (χ0v) is 10.5. The van der Waals surface area contributed by atoms with Crippen LogP contribution in [0.2, 0.25) is 0 Å². The quantitative estimate of drug-likeness (QED) is 0.732. The van der Waals surface area contributed by atoms with Crippen molar-refractivity contribution in [2.45, 2.75) is 6.54 Å². The van der Waals surface area contributed by atoms with Gasteiger partial charge in [-0.2, -0.15) is 0 Å². The van der Waals surface area contributed by atoms with E-state index in [1.54, 1.807) is 0 Å². The molecule has 0 amide bonds. The Morgan fingerprint density at radius 3 is 2.86 bits per heavy atom. The van der Waals surface area contributed by atoms with Gasteiger partial charge in [-0.15, -0.1) is 0 Å². The van der Waals surface area contributed by atoms with Gasteiger partial charge in [-0.3, -0.25) is 14.1 Å². The highest BCUT2D eigenvalue weighted by atomic mass is 19.2. The molecule has 3 rings (SSSR count). The number of halogens is 2. The first-order valence-corrected chi connectivity index (χ1v) is 5.92. The molecule has 0 saturated heterocycles. The van der Waals surface area contributed by atoms with Crippen LogP contribution in [0.15, 0.2) is 46.1 Å². The summed E-state index contributed by atoms with van der Waals surface area (Å²) in [5, 5.41) is 3.59. The summed E-state index contributed by atoms with van der Waals surface area (Å²) < 4.78 is 32.5. The molecule has 21 heavy (non-hydrogen) atoms. The lowest BCUT2D eigenvalue weighted by Gasteiger charge is -2.05. The smallest absolute Gasteiger partial charge is 0.295 e. The third-order valence-corrected chi connectivity index (χ3v) is 2.84. The number of hydrogen-bond donors (Lipinski definition) is 0. The summed E-state index contributed by atoms with van der Waals surface area (Å²) in [6, 6.07) is 3.73. The van der Waals surface area contributed by atoms with Crippen molar-refractivity contribution >= 4 is 0 Å². The SMILES string of the molecule is O=c1onc(-c2cnccn2)n1Cc1cccc(F)c1F. The van der Waals surface area contributed by atoms with Gasteiger partial charge in [-0.25, -0.2) is 18.6 Å². The van der Waals surface area contributed by atoms with E-state index in [1.807, 2.05) is 0 Å². The molecule has 0 saturated carbocycles. The highest BCUT2D eigenvalue weighted by Crippen LogP contribution is 2.16. The van der Waals surface area contributed by atoms with Crippen molar-refractivity contribution < 1.29 is 13.3 Å². The van der Waals surface area contributed by atoms with Crippen molar-refractivity contribution in [3.8, 4) is 11.5 Å². The van der Waals surface area contributed by atoms with Crippen molar-refractivity contribution in [2.75, 3.05) is 0 Å². The molecule has 1 aromatic carbocycles. The molecule has 8 heteroatoms. The van der Waals surface area contributed by atoms with E-state index >= 15 is 0 Å². The van der Waals surface area contributed by atoms with Gasteiger partial charge in [0.1, 0.15) is 5.69 Å². The van der Waals surface area contributed by atoms with E-state index in [0.29, 0.717) is 5.69 Å². The minimum atomic E-state index is -1.02. The maximum Gasteiger partial charge on any atom is 0.442 e. The van der Waals surface area contributed by atoms with E-state index in [4.69, 9.17) is 0 Å². The van der Waals surface area contributed by atoms with Crippen LogP contribution in [-0.4, -0.2) is 19.7 Å². The first-order chi connectivity index (χ1) is 10.2. The van der Waals surface area contributed by atoms with E-state index in [-0.39, 0.29) is 17.9 Å². The fourth-order valence-corrected chi connectivity index (χ4v) is 1.85. The first-order valence-electron chi connectivity index (χ1n) is 5.92. The molecule has 106 valence electrons. The zero-order chi connectivity index (χ0) is 14.8. The summed E-state index contributed by atoms with van der Waals surface area (Å²) in [4.78, 5) is 19.5. The second-order valence-corrected chi connectivity index (χ2v) is 4.16. The zero-order valence-electron chi connectivity index (χ0n) is 10.5. The van der Waals surface area contributed by atoms with Gasteiger partial charge in [0.25, 0.3) is 0 Å². The highest BCUT2D eigenvalue weighted by Gasteiger charge is 2.17. The fraction of sp³-hybridized carbons (Fsp3) is 0.0769. The molecule has 0 aliphatic heterocycles. The minimum absolute atomic E-state index is 0.00504. The molecular formula is C13H8F2N4O2. The van der Waals surface area contributed by atoms with Gasteiger partial charge in [-0.1, -0.05) is 17.3 Å². The van der Waals surface area contributed by atoms with Crippen LogP contribution in [0.1, 0.15) is 5.56 Å². The standard InChI is InChI=1S/C13H8F2N4O2/c14-9-3-1-2-8(11(9)15)7-19-12(18-21-13(19)20)10-6-16-4-5-17-10/h1-6H,7H2. The molecule has 2 heterocycles. The predicted octanol–water partition coefficient (Wildman–Crippen LogP) is 1.62. The van der Waals surface area contributed by atoms with E-state index in [1.165, 1.54) is 30.7 Å². The maximum absolute atomic E-state index is 13.7. The second kappa shape index (κ2) is 5.23.